The molecule has 1 aliphatic rings. The lowest BCUT2D eigenvalue weighted by Crippen LogP contribution is -2.49. The second-order valence-corrected chi connectivity index (χ2v) is 6.53. The Morgan fingerprint density at radius 1 is 1.30 bits per heavy atom. The fourth-order valence-corrected chi connectivity index (χ4v) is 2.34. The van der Waals surface area contributed by atoms with Gasteiger partial charge in [-0.1, -0.05) is 0 Å². The number of hydrogen-bond donors (Lipinski definition) is 2. The molecule has 1 aromatic rings. The summed E-state index contributed by atoms with van der Waals surface area (Å²) in [6, 6.07) is 3.22. The summed E-state index contributed by atoms with van der Waals surface area (Å²) in [6.45, 7) is 5.59. The zero-order valence-electron chi connectivity index (χ0n) is 13.5. The highest BCUT2D eigenvalue weighted by atomic mass is 19.1. The molecule has 1 aliphatic heterocycles. The van der Waals surface area contributed by atoms with Gasteiger partial charge in [-0.2, -0.15) is 0 Å². The van der Waals surface area contributed by atoms with Crippen molar-refractivity contribution in [3.63, 3.8) is 0 Å². The van der Waals surface area contributed by atoms with Crippen molar-refractivity contribution in [3.05, 3.63) is 35.4 Å². The monoisotopic (exact) mass is 328 g/mol. The standard InChI is InChI=1S/C16H22F2N2O3/c1-16(2,3)23-15(21)20-19-11-5-7-14(22-9-11)12-8-10(17)4-6-13(12)18/h4,6,8,11,14,19H,5,7,9H2,1-3H3,(H,20,21)/t11?,14-/m0/s1. The van der Waals surface area contributed by atoms with E-state index in [-0.39, 0.29) is 18.2 Å². The Bertz CT molecular complexity index is 553. The van der Waals surface area contributed by atoms with Crippen molar-refractivity contribution in [2.24, 2.45) is 0 Å². The molecule has 2 rings (SSSR count). The lowest BCUT2D eigenvalue weighted by atomic mass is 9.99. The Labute approximate surface area is 134 Å². The Hall–Kier alpha value is -1.73. The van der Waals surface area contributed by atoms with Gasteiger partial charge < -0.3 is 9.47 Å². The average molecular weight is 328 g/mol. The average Bonchev–Trinajstić information content (AvgIpc) is 2.46. The van der Waals surface area contributed by atoms with E-state index in [0.717, 1.165) is 18.2 Å². The number of hydrazine groups is 1. The molecule has 128 valence electrons. The van der Waals surface area contributed by atoms with E-state index in [4.69, 9.17) is 9.47 Å². The Balaban J connectivity index is 1.80. The van der Waals surface area contributed by atoms with Crippen LogP contribution in [0.5, 0.6) is 0 Å². The Kier molecular flexibility index (Phi) is 5.54. The molecule has 2 atom stereocenters. The van der Waals surface area contributed by atoms with Gasteiger partial charge in [-0.15, -0.1) is 0 Å². The van der Waals surface area contributed by atoms with Crippen LogP contribution in [-0.4, -0.2) is 24.3 Å². The summed E-state index contributed by atoms with van der Waals surface area (Å²) in [5.74, 6) is -0.966. The number of rotatable bonds is 3. The first-order valence-corrected chi connectivity index (χ1v) is 7.55. The van der Waals surface area contributed by atoms with Gasteiger partial charge in [-0.05, 0) is 51.8 Å². The number of hydrogen-bond acceptors (Lipinski definition) is 4. The lowest BCUT2D eigenvalue weighted by molar-refractivity contribution is -0.0109. The van der Waals surface area contributed by atoms with Gasteiger partial charge in [0.1, 0.15) is 17.2 Å². The number of ether oxygens (including phenoxy) is 2. The molecule has 1 amide bonds. The van der Waals surface area contributed by atoms with Crippen molar-refractivity contribution < 1.29 is 23.0 Å². The van der Waals surface area contributed by atoms with Gasteiger partial charge in [0.05, 0.1) is 12.7 Å². The summed E-state index contributed by atoms with van der Waals surface area (Å²) >= 11 is 0. The third kappa shape index (κ3) is 5.44. The van der Waals surface area contributed by atoms with Crippen molar-refractivity contribution in [2.45, 2.75) is 51.4 Å². The number of nitrogens with one attached hydrogen (secondary N) is 2. The minimum atomic E-state index is -0.575. The van der Waals surface area contributed by atoms with Crippen LogP contribution in [0.4, 0.5) is 13.6 Å². The van der Waals surface area contributed by atoms with E-state index in [1.54, 1.807) is 20.8 Å². The predicted octanol–water partition coefficient (Wildman–Crippen LogP) is 3.21. The minimum Gasteiger partial charge on any atom is -0.443 e. The number of carbonyl (C=O) groups is 1. The molecule has 1 unspecified atom stereocenters. The number of halogens is 2. The van der Waals surface area contributed by atoms with Crippen molar-refractivity contribution in [3.8, 4) is 0 Å². The quantitative estimate of drug-likeness (QED) is 0.837. The van der Waals surface area contributed by atoms with E-state index in [0.29, 0.717) is 12.8 Å². The highest BCUT2D eigenvalue weighted by Gasteiger charge is 2.26. The molecule has 0 bridgehead atoms. The maximum Gasteiger partial charge on any atom is 0.422 e. The number of amides is 1. The normalized spacial score (nSPS) is 21.8. The Morgan fingerprint density at radius 3 is 2.65 bits per heavy atom. The van der Waals surface area contributed by atoms with Gasteiger partial charge in [0, 0.05) is 11.6 Å². The van der Waals surface area contributed by atoms with Crippen LogP contribution in [0.25, 0.3) is 0 Å². The van der Waals surface area contributed by atoms with E-state index in [2.05, 4.69) is 10.9 Å². The molecule has 1 fully saturated rings. The molecule has 1 heterocycles. The predicted molar refractivity (Wildman–Crippen MR) is 80.6 cm³/mol. The summed E-state index contributed by atoms with van der Waals surface area (Å²) in [5, 5.41) is 0. The zero-order valence-corrected chi connectivity index (χ0v) is 13.5. The van der Waals surface area contributed by atoms with E-state index in [1.165, 1.54) is 0 Å². The molecule has 0 aromatic heterocycles. The highest BCUT2D eigenvalue weighted by molar-refractivity contribution is 5.67. The molecule has 0 aliphatic carbocycles. The first-order chi connectivity index (χ1) is 10.7. The maximum atomic E-state index is 13.7. The summed E-state index contributed by atoms with van der Waals surface area (Å²) in [4.78, 5) is 11.5. The van der Waals surface area contributed by atoms with Crippen LogP contribution in [0.3, 0.4) is 0 Å². The molecule has 23 heavy (non-hydrogen) atoms. The van der Waals surface area contributed by atoms with Crippen LogP contribution in [0.2, 0.25) is 0 Å². The SMILES string of the molecule is CC(C)(C)OC(=O)NNC1CC[C@@H](c2cc(F)ccc2F)OC1. The fraction of sp³-hybridized carbons (Fsp3) is 0.562. The number of carbonyl (C=O) groups excluding carboxylic acids is 1. The largest absolute Gasteiger partial charge is 0.443 e. The highest BCUT2D eigenvalue weighted by Crippen LogP contribution is 2.30. The zero-order chi connectivity index (χ0) is 17.0. The summed E-state index contributed by atoms with van der Waals surface area (Å²) < 4.78 is 37.6. The van der Waals surface area contributed by atoms with Gasteiger partial charge in [-0.3, -0.25) is 5.43 Å². The van der Waals surface area contributed by atoms with Gasteiger partial charge in [0.15, 0.2) is 0 Å². The second kappa shape index (κ2) is 7.23. The van der Waals surface area contributed by atoms with Gasteiger partial charge >= 0.3 is 6.09 Å². The fourth-order valence-electron chi connectivity index (χ4n) is 2.34. The summed E-state index contributed by atoms with van der Waals surface area (Å²) in [7, 11) is 0. The smallest absolute Gasteiger partial charge is 0.422 e. The molecule has 0 saturated carbocycles. The second-order valence-electron chi connectivity index (χ2n) is 6.53. The van der Waals surface area contributed by atoms with E-state index in [1.807, 2.05) is 0 Å². The first-order valence-electron chi connectivity index (χ1n) is 7.55. The molecule has 2 N–H and O–H groups in total. The molecular weight excluding hydrogens is 306 g/mol. The molecular formula is C16H22F2N2O3. The van der Waals surface area contributed by atoms with Crippen LogP contribution >= 0.6 is 0 Å². The van der Waals surface area contributed by atoms with Crippen LogP contribution in [-0.2, 0) is 9.47 Å². The van der Waals surface area contributed by atoms with Crippen LogP contribution in [0.15, 0.2) is 18.2 Å². The number of benzene rings is 1. The lowest BCUT2D eigenvalue weighted by Gasteiger charge is -2.30. The van der Waals surface area contributed by atoms with E-state index in [9.17, 15) is 13.6 Å². The molecule has 1 saturated heterocycles. The van der Waals surface area contributed by atoms with E-state index >= 15 is 0 Å². The van der Waals surface area contributed by atoms with Gasteiger partial charge in [-0.25, -0.2) is 19.0 Å². The van der Waals surface area contributed by atoms with Crippen molar-refractivity contribution in [1.29, 1.82) is 0 Å². The van der Waals surface area contributed by atoms with Crippen LogP contribution in [0.1, 0.15) is 45.3 Å². The van der Waals surface area contributed by atoms with Crippen molar-refractivity contribution in [1.82, 2.24) is 10.9 Å². The molecule has 0 spiro atoms. The third-order valence-corrected chi connectivity index (χ3v) is 3.36. The molecule has 1 aromatic carbocycles. The maximum absolute atomic E-state index is 13.7. The minimum absolute atomic E-state index is 0.115. The van der Waals surface area contributed by atoms with E-state index < -0.39 is 29.4 Å². The molecule has 0 radical (unpaired) electrons. The van der Waals surface area contributed by atoms with Crippen molar-refractivity contribution >= 4 is 6.09 Å². The molecule has 5 nitrogen and oxygen atoms in total. The third-order valence-electron chi connectivity index (χ3n) is 3.36. The topological polar surface area (TPSA) is 59.6 Å². The van der Waals surface area contributed by atoms with Gasteiger partial charge in [0.25, 0.3) is 0 Å². The van der Waals surface area contributed by atoms with Crippen LogP contribution in [0, 0.1) is 11.6 Å². The van der Waals surface area contributed by atoms with Gasteiger partial charge in [0.2, 0.25) is 0 Å². The molecule has 7 heteroatoms. The first kappa shape index (κ1) is 17.6. The Morgan fingerprint density at radius 2 is 2.04 bits per heavy atom. The summed E-state index contributed by atoms with van der Waals surface area (Å²) in [5.41, 5.74) is 4.93. The van der Waals surface area contributed by atoms with Crippen molar-refractivity contribution in [2.75, 3.05) is 6.61 Å². The van der Waals surface area contributed by atoms with Crippen LogP contribution < -0.4 is 10.9 Å². The summed E-state index contributed by atoms with van der Waals surface area (Å²) in [6.07, 6.45) is 0.117.